The van der Waals surface area contributed by atoms with E-state index in [4.69, 9.17) is 0 Å². The summed E-state index contributed by atoms with van der Waals surface area (Å²) in [5, 5.41) is 0. The Morgan fingerprint density at radius 2 is 0.889 bits per heavy atom. The molecule has 0 fully saturated rings. The number of carbonyl (C=O) groups excluding carboxylic acids is 2. The summed E-state index contributed by atoms with van der Waals surface area (Å²) < 4.78 is 0. The lowest BCUT2D eigenvalue weighted by Gasteiger charge is -2.25. The van der Waals surface area contributed by atoms with E-state index in [-0.39, 0.29) is 35.2 Å². The Morgan fingerprint density at radius 1 is 0.611 bits per heavy atom. The van der Waals surface area contributed by atoms with Gasteiger partial charge in [0.1, 0.15) is 0 Å². The van der Waals surface area contributed by atoms with E-state index in [1.165, 1.54) is 0 Å². The summed E-state index contributed by atoms with van der Waals surface area (Å²) in [5.41, 5.74) is 3.36. The zero-order valence-corrected chi connectivity index (χ0v) is 9.85. The number of Topliss-reactive ketones (excluding diaryl/α,β-unsaturated/α-hetero) is 2. The lowest BCUT2D eigenvalue weighted by Crippen LogP contribution is -2.27. The lowest BCUT2D eigenvalue weighted by atomic mass is 9.76. The molecule has 4 bridgehead atoms. The van der Waals surface area contributed by atoms with Gasteiger partial charge in [-0.1, -0.05) is 24.3 Å². The molecule has 2 heteroatoms. The highest BCUT2D eigenvalue weighted by Gasteiger charge is 2.52. The highest BCUT2D eigenvalue weighted by molar-refractivity contribution is 6.28. The van der Waals surface area contributed by atoms with Gasteiger partial charge >= 0.3 is 0 Å². The van der Waals surface area contributed by atoms with Crippen LogP contribution in [-0.2, 0) is 9.59 Å². The van der Waals surface area contributed by atoms with E-state index in [1.807, 2.05) is 0 Å². The molecular weight excluding hydrogens is 224 g/mol. The van der Waals surface area contributed by atoms with Crippen molar-refractivity contribution in [2.75, 3.05) is 0 Å². The summed E-state index contributed by atoms with van der Waals surface area (Å²) >= 11 is 0. The Balaban J connectivity index is 1.74. The molecule has 5 aliphatic rings. The fraction of sp³-hybridized carbons (Fsp3) is 0.375. The Hall–Kier alpha value is -1.70. The first-order chi connectivity index (χ1) is 8.75. The molecule has 0 radical (unpaired) electrons. The van der Waals surface area contributed by atoms with Gasteiger partial charge in [0, 0.05) is 46.0 Å². The number of fused-ring (bicyclic) bond motifs is 8. The van der Waals surface area contributed by atoms with Gasteiger partial charge in [0.05, 0.1) is 0 Å². The first kappa shape index (κ1) is 9.26. The van der Waals surface area contributed by atoms with Gasteiger partial charge in [-0.3, -0.25) is 9.59 Å². The summed E-state index contributed by atoms with van der Waals surface area (Å²) in [7, 11) is 0. The second-order valence-corrected chi connectivity index (χ2v) is 5.98. The first-order valence-electron chi connectivity index (χ1n) is 6.70. The van der Waals surface area contributed by atoms with Crippen molar-refractivity contribution in [1.82, 2.24) is 0 Å². The number of rotatable bonds is 0. The van der Waals surface area contributed by atoms with Gasteiger partial charge in [-0.25, -0.2) is 0 Å². The zero-order valence-electron chi connectivity index (χ0n) is 9.85. The Labute approximate surface area is 105 Å². The zero-order chi connectivity index (χ0) is 12.0. The SMILES string of the molecule is O=C1C2=C(C(=O)C3=C1[C@@H]1C=C[C@H]3C1)[C@H]1C=C[C@@H]2C1. The monoisotopic (exact) mass is 236 g/mol. The Kier molecular flexibility index (Phi) is 1.37. The molecule has 18 heavy (non-hydrogen) atoms. The standard InChI is InChI=1S/C16H12O2/c17-15-11-7-1-2-8(5-7)12(11)16(18)14-10-4-3-9(6-10)13(14)15/h1-4,7-10H,5-6H2/t7-,8+,9-,10+. The van der Waals surface area contributed by atoms with Crippen molar-refractivity contribution in [3.63, 3.8) is 0 Å². The summed E-state index contributed by atoms with van der Waals surface area (Å²) in [4.78, 5) is 25.4. The average Bonchev–Trinajstić information content (AvgIpc) is 3.10. The Bertz CT molecular complexity index is 551. The normalized spacial score (nSPS) is 42.4. The van der Waals surface area contributed by atoms with Crippen LogP contribution in [0, 0.1) is 23.7 Å². The minimum Gasteiger partial charge on any atom is -0.289 e. The maximum Gasteiger partial charge on any atom is 0.187 e. The quantitative estimate of drug-likeness (QED) is 0.477. The molecule has 0 aliphatic heterocycles. The minimum absolute atomic E-state index is 0.188. The van der Waals surface area contributed by atoms with Crippen molar-refractivity contribution in [3.05, 3.63) is 46.6 Å². The molecular formula is C16H12O2. The number of allylic oxidation sites excluding steroid dienone is 8. The summed E-state index contributed by atoms with van der Waals surface area (Å²) in [6.45, 7) is 0. The molecule has 0 saturated carbocycles. The Morgan fingerprint density at radius 3 is 1.17 bits per heavy atom. The van der Waals surface area contributed by atoms with Gasteiger partial charge in [0.15, 0.2) is 11.6 Å². The maximum atomic E-state index is 12.7. The van der Waals surface area contributed by atoms with Crippen LogP contribution in [0.2, 0.25) is 0 Å². The molecule has 0 aromatic rings. The topological polar surface area (TPSA) is 34.1 Å². The molecule has 2 nitrogen and oxygen atoms in total. The second-order valence-electron chi connectivity index (χ2n) is 5.98. The van der Waals surface area contributed by atoms with Crippen LogP contribution >= 0.6 is 0 Å². The van der Waals surface area contributed by atoms with Gasteiger partial charge < -0.3 is 0 Å². The van der Waals surface area contributed by atoms with Crippen LogP contribution in [0.5, 0.6) is 0 Å². The highest BCUT2D eigenvalue weighted by atomic mass is 16.1. The van der Waals surface area contributed by atoms with Crippen molar-refractivity contribution in [1.29, 1.82) is 0 Å². The number of hydrogen-bond acceptors (Lipinski definition) is 2. The first-order valence-corrected chi connectivity index (χ1v) is 6.70. The summed E-state index contributed by atoms with van der Waals surface area (Å²) in [6, 6.07) is 0. The summed E-state index contributed by atoms with van der Waals surface area (Å²) in [6.07, 6.45) is 10.4. The molecule has 0 spiro atoms. The van der Waals surface area contributed by atoms with Gasteiger partial charge in [0.25, 0.3) is 0 Å². The molecule has 0 aromatic heterocycles. The third kappa shape index (κ3) is 0.798. The third-order valence-electron chi connectivity index (χ3n) is 5.21. The molecule has 0 N–H and O–H groups in total. The minimum atomic E-state index is 0.188. The van der Waals surface area contributed by atoms with Crippen molar-refractivity contribution in [3.8, 4) is 0 Å². The van der Waals surface area contributed by atoms with Crippen LogP contribution < -0.4 is 0 Å². The van der Waals surface area contributed by atoms with Crippen molar-refractivity contribution in [2.45, 2.75) is 12.8 Å². The predicted molar refractivity (Wildman–Crippen MR) is 65.5 cm³/mol. The van der Waals surface area contributed by atoms with E-state index in [1.54, 1.807) is 0 Å². The maximum absolute atomic E-state index is 12.7. The number of carbonyl (C=O) groups is 2. The van der Waals surface area contributed by atoms with Crippen LogP contribution in [0.25, 0.3) is 0 Å². The molecule has 0 unspecified atom stereocenters. The third-order valence-corrected chi connectivity index (χ3v) is 5.21. The van der Waals surface area contributed by atoms with Crippen LogP contribution in [0.3, 0.4) is 0 Å². The van der Waals surface area contributed by atoms with Crippen molar-refractivity contribution in [2.24, 2.45) is 23.7 Å². The van der Waals surface area contributed by atoms with Gasteiger partial charge in [-0.05, 0) is 12.8 Å². The van der Waals surface area contributed by atoms with Gasteiger partial charge in [-0.15, -0.1) is 0 Å². The van der Waals surface area contributed by atoms with Crippen LogP contribution in [0.1, 0.15) is 12.8 Å². The van der Waals surface area contributed by atoms with Crippen LogP contribution in [0.4, 0.5) is 0 Å². The molecule has 0 saturated heterocycles. The van der Waals surface area contributed by atoms with E-state index in [2.05, 4.69) is 24.3 Å². The smallest absolute Gasteiger partial charge is 0.187 e. The molecule has 5 aliphatic carbocycles. The molecule has 4 atom stereocenters. The molecule has 0 aromatic carbocycles. The van der Waals surface area contributed by atoms with Gasteiger partial charge in [-0.2, -0.15) is 0 Å². The molecule has 0 amide bonds. The van der Waals surface area contributed by atoms with Crippen molar-refractivity contribution < 1.29 is 9.59 Å². The number of hydrogen-bond donors (Lipinski definition) is 0. The average molecular weight is 236 g/mol. The second kappa shape index (κ2) is 2.66. The molecule has 5 rings (SSSR count). The van der Waals surface area contributed by atoms with E-state index in [9.17, 15) is 9.59 Å². The van der Waals surface area contributed by atoms with E-state index >= 15 is 0 Å². The van der Waals surface area contributed by atoms with E-state index < -0.39 is 0 Å². The lowest BCUT2D eigenvalue weighted by molar-refractivity contribution is -0.117. The fourth-order valence-electron chi connectivity index (χ4n) is 4.51. The van der Waals surface area contributed by atoms with E-state index in [0.717, 1.165) is 35.1 Å². The largest absolute Gasteiger partial charge is 0.289 e. The van der Waals surface area contributed by atoms with Crippen LogP contribution in [0.15, 0.2) is 46.6 Å². The number of ketones is 2. The van der Waals surface area contributed by atoms with Crippen molar-refractivity contribution >= 4 is 11.6 Å². The van der Waals surface area contributed by atoms with E-state index in [0.29, 0.717) is 0 Å². The molecule has 88 valence electrons. The predicted octanol–water partition coefficient (Wildman–Crippen LogP) is 2.14. The summed E-state index contributed by atoms with van der Waals surface area (Å²) in [5.74, 6) is 1.26. The highest BCUT2D eigenvalue weighted by Crippen LogP contribution is 2.55. The van der Waals surface area contributed by atoms with Gasteiger partial charge in [0.2, 0.25) is 0 Å². The van der Waals surface area contributed by atoms with Crippen LogP contribution in [-0.4, -0.2) is 11.6 Å². The fourth-order valence-corrected chi connectivity index (χ4v) is 4.51. The molecule has 0 heterocycles.